The molecule has 11 heteroatoms. The number of hydrogen-bond acceptors (Lipinski definition) is 6. The molecule has 2 amide bonds. The van der Waals surface area contributed by atoms with E-state index < -0.39 is 11.6 Å². The Morgan fingerprint density at radius 1 is 1.14 bits per heavy atom. The summed E-state index contributed by atoms with van der Waals surface area (Å²) in [6.45, 7) is 6.91. The van der Waals surface area contributed by atoms with E-state index in [2.05, 4.69) is 11.9 Å². The molecule has 43 heavy (non-hydrogen) atoms. The van der Waals surface area contributed by atoms with Crippen LogP contribution in [0.4, 0.5) is 8.78 Å². The van der Waals surface area contributed by atoms with E-state index >= 15 is 4.39 Å². The minimum absolute atomic E-state index is 0.0253. The van der Waals surface area contributed by atoms with E-state index in [9.17, 15) is 14.0 Å². The molecule has 0 saturated carbocycles. The number of carbonyl (C=O) groups excluding carboxylic acids is 2. The molecule has 5 aromatic rings. The Labute approximate surface area is 249 Å². The van der Waals surface area contributed by atoms with E-state index in [0.717, 1.165) is 34.3 Å². The third-order valence-electron chi connectivity index (χ3n) is 8.12. The molecule has 0 spiro atoms. The molecule has 8 nitrogen and oxygen atoms in total. The highest BCUT2D eigenvalue weighted by atomic mass is 32.1. The number of fused-ring (bicyclic) bond motifs is 3. The van der Waals surface area contributed by atoms with E-state index in [1.165, 1.54) is 24.5 Å². The third-order valence-corrected chi connectivity index (χ3v) is 9.06. The highest BCUT2D eigenvalue weighted by molar-refractivity contribution is 7.18. The van der Waals surface area contributed by atoms with Crippen LogP contribution in [0.5, 0.6) is 5.75 Å². The Morgan fingerprint density at radius 2 is 1.98 bits per heavy atom. The number of pyridine rings is 1. The number of carbonyl (C=O) groups is 2. The van der Waals surface area contributed by atoms with Crippen molar-refractivity contribution in [3.05, 3.63) is 89.0 Å². The van der Waals surface area contributed by atoms with Crippen LogP contribution in [-0.4, -0.2) is 45.1 Å². The second kappa shape index (κ2) is 10.1. The number of nitrogens with one attached hydrogen (secondary N) is 1. The largest absolute Gasteiger partial charge is 0.496 e. The average Bonchev–Trinajstić information content (AvgIpc) is 3.75. The van der Waals surface area contributed by atoms with Gasteiger partial charge in [0.05, 0.1) is 36.6 Å². The molecule has 2 aliphatic rings. The first-order valence-electron chi connectivity index (χ1n) is 13.7. The fourth-order valence-corrected chi connectivity index (χ4v) is 6.96. The lowest BCUT2D eigenvalue weighted by molar-refractivity contribution is -0.129. The van der Waals surface area contributed by atoms with Crippen molar-refractivity contribution in [3.63, 3.8) is 0 Å². The second-order valence-corrected chi connectivity index (χ2v) is 11.4. The maximum atomic E-state index is 15.7. The van der Waals surface area contributed by atoms with E-state index in [1.54, 1.807) is 4.90 Å². The van der Waals surface area contributed by atoms with Gasteiger partial charge in [0.1, 0.15) is 28.8 Å². The highest BCUT2D eigenvalue weighted by Crippen LogP contribution is 2.47. The number of halogens is 2. The molecule has 216 valence electrons. The molecule has 0 saturated heterocycles. The van der Waals surface area contributed by atoms with Gasteiger partial charge < -0.3 is 15.0 Å². The van der Waals surface area contributed by atoms with Gasteiger partial charge in [-0.1, -0.05) is 18.7 Å². The predicted molar refractivity (Wildman–Crippen MR) is 160 cm³/mol. The van der Waals surface area contributed by atoms with Crippen LogP contribution in [0, 0.1) is 11.6 Å². The van der Waals surface area contributed by atoms with Crippen LogP contribution >= 0.6 is 11.3 Å². The van der Waals surface area contributed by atoms with Crippen LogP contribution in [0.25, 0.3) is 43.9 Å². The number of aromatic nitrogens is 3. The highest BCUT2D eigenvalue weighted by Gasteiger charge is 2.31. The van der Waals surface area contributed by atoms with Gasteiger partial charge in [-0.25, -0.2) is 13.8 Å². The lowest BCUT2D eigenvalue weighted by Gasteiger charge is -2.33. The van der Waals surface area contributed by atoms with Gasteiger partial charge in [0, 0.05) is 52.0 Å². The summed E-state index contributed by atoms with van der Waals surface area (Å²) >= 11 is 1.39. The summed E-state index contributed by atoms with van der Waals surface area (Å²) < 4.78 is 38.1. The molecule has 3 aromatic heterocycles. The summed E-state index contributed by atoms with van der Waals surface area (Å²) in [5, 5.41) is 10.3. The summed E-state index contributed by atoms with van der Waals surface area (Å²) in [6, 6.07) is 11.1. The van der Waals surface area contributed by atoms with Crippen LogP contribution in [0.1, 0.15) is 34.6 Å². The van der Waals surface area contributed by atoms with Crippen molar-refractivity contribution < 1.29 is 23.1 Å². The number of methoxy groups -OCH3 is 1. The van der Waals surface area contributed by atoms with Gasteiger partial charge in [0.2, 0.25) is 5.91 Å². The fourth-order valence-electron chi connectivity index (χ4n) is 6.01. The summed E-state index contributed by atoms with van der Waals surface area (Å²) in [6.07, 6.45) is 1.29. The molecule has 7 rings (SSSR count). The topological polar surface area (TPSA) is 89.4 Å². The van der Waals surface area contributed by atoms with Gasteiger partial charge in [0.15, 0.2) is 0 Å². The van der Waals surface area contributed by atoms with Crippen molar-refractivity contribution in [1.82, 2.24) is 25.0 Å². The molecule has 2 aliphatic heterocycles. The van der Waals surface area contributed by atoms with Gasteiger partial charge >= 0.3 is 0 Å². The van der Waals surface area contributed by atoms with Gasteiger partial charge in [-0.3, -0.25) is 14.3 Å². The first kappa shape index (κ1) is 27.0. The Morgan fingerprint density at radius 3 is 2.77 bits per heavy atom. The van der Waals surface area contributed by atoms with Crippen LogP contribution < -0.4 is 10.1 Å². The lowest BCUT2D eigenvalue weighted by atomic mass is 9.95. The Kier molecular flexibility index (Phi) is 6.35. The first-order chi connectivity index (χ1) is 20.8. The lowest BCUT2D eigenvalue weighted by Crippen LogP contribution is -2.40. The summed E-state index contributed by atoms with van der Waals surface area (Å²) in [5.41, 5.74) is 4.92. The summed E-state index contributed by atoms with van der Waals surface area (Å²) in [4.78, 5) is 31.8. The Hall–Kier alpha value is -4.90. The molecule has 2 aromatic carbocycles. The number of amides is 2. The van der Waals surface area contributed by atoms with E-state index in [0.29, 0.717) is 52.5 Å². The smallest absolute Gasteiger partial charge is 0.251 e. The Bertz CT molecular complexity index is 2000. The molecule has 0 bridgehead atoms. The minimum Gasteiger partial charge on any atom is -0.496 e. The number of nitrogens with zero attached hydrogens (tertiary/aromatic N) is 4. The molecule has 5 heterocycles. The zero-order valence-corrected chi connectivity index (χ0v) is 24.1. The molecule has 1 unspecified atom stereocenters. The van der Waals surface area contributed by atoms with Crippen LogP contribution in [0.3, 0.4) is 0 Å². The third kappa shape index (κ3) is 4.22. The van der Waals surface area contributed by atoms with Crippen molar-refractivity contribution in [1.29, 1.82) is 0 Å². The van der Waals surface area contributed by atoms with Gasteiger partial charge in [-0.15, -0.1) is 11.3 Å². The first-order valence-corrected chi connectivity index (χ1v) is 14.5. The molecular formula is C32H25F2N5O3S. The minimum atomic E-state index is -0.795. The molecule has 1 N–H and O–H groups in total. The number of ether oxygens (including phenoxy) is 1. The Balaban J connectivity index is 1.52. The number of rotatable bonds is 5. The molecule has 0 fully saturated rings. The van der Waals surface area contributed by atoms with Crippen molar-refractivity contribution in [2.75, 3.05) is 13.7 Å². The quantitative estimate of drug-likeness (QED) is 0.247. The SMILES string of the molecule is C=CC(=O)N1CCn2nc(-c3nc(-c4ccc5c(c4)C(=O)NC5)c4ccsc4c3-c3c(F)cc(F)cc3OC)cc2C1C. The maximum absolute atomic E-state index is 15.7. The van der Waals surface area contributed by atoms with E-state index in [4.69, 9.17) is 14.8 Å². The molecule has 0 radical (unpaired) electrons. The zero-order valence-electron chi connectivity index (χ0n) is 23.3. The van der Waals surface area contributed by atoms with Crippen LogP contribution in [0.15, 0.2) is 60.5 Å². The maximum Gasteiger partial charge on any atom is 0.251 e. The van der Waals surface area contributed by atoms with Gasteiger partial charge in [-0.2, -0.15) is 5.10 Å². The van der Waals surface area contributed by atoms with Crippen molar-refractivity contribution >= 4 is 33.2 Å². The average molecular weight is 598 g/mol. The fraction of sp³-hybridized carbons (Fsp3) is 0.188. The second-order valence-electron chi connectivity index (χ2n) is 10.5. The van der Waals surface area contributed by atoms with Gasteiger partial charge in [-0.05, 0) is 42.1 Å². The summed E-state index contributed by atoms with van der Waals surface area (Å²) in [7, 11) is 1.36. The van der Waals surface area contributed by atoms with Crippen LogP contribution in [-0.2, 0) is 17.9 Å². The zero-order chi connectivity index (χ0) is 30.0. The van der Waals surface area contributed by atoms with Crippen molar-refractivity contribution in [3.8, 4) is 39.5 Å². The van der Waals surface area contributed by atoms with Crippen molar-refractivity contribution in [2.24, 2.45) is 0 Å². The number of benzene rings is 2. The van der Waals surface area contributed by atoms with E-state index in [-0.39, 0.29) is 29.2 Å². The normalized spacial score (nSPS) is 15.8. The molecule has 0 aliphatic carbocycles. The summed E-state index contributed by atoms with van der Waals surface area (Å²) in [5.74, 6) is -1.86. The van der Waals surface area contributed by atoms with Gasteiger partial charge in [0.25, 0.3) is 5.91 Å². The molecular weight excluding hydrogens is 572 g/mol. The molecule has 1 atom stereocenters. The predicted octanol–water partition coefficient (Wildman–Crippen LogP) is 6.11. The number of hydrogen-bond donors (Lipinski definition) is 1. The number of thiophene rings is 1. The van der Waals surface area contributed by atoms with E-state index in [1.807, 2.05) is 47.3 Å². The monoisotopic (exact) mass is 597 g/mol. The van der Waals surface area contributed by atoms with Crippen molar-refractivity contribution in [2.45, 2.75) is 26.1 Å². The standard InChI is InChI=1S/C32H25F2N5O3S/c1-4-26(40)38-8-9-39-24(16(38)2)14-23(37-39)30-28(27-22(34)12-19(33)13-25(27)42-3)31-20(7-10-43-31)29(36-30)17-5-6-18-15-35-32(41)21(18)11-17/h4-7,10-14,16H,1,8-9,15H2,2-3H3,(H,35,41). The van der Waals surface area contributed by atoms with Crippen LogP contribution in [0.2, 0.25) is 0 Å².